The molecule has 1 saturated heterocycles. The number of carboxylic acids is 1. The minimum atomic E-state index is -1.37. The lowest BCUT2D eigenvalue weighted by Crippen LogP contribution is -2.49. The van der Waals surface area contributed by atoms with E-state index >= 15 is 4.39 Å². The fourth-order valence-electron chi connectivity index (χ4n) is 3.70. The van der Waals surface area contributed by atoms with Gasteiger partial charge in [-0.3, -0.25) is 4.79 Å². The monoisotopic (exact) mass is 388 g/mol. The Morgan fingerprint density at radius 3 is 2.79 bits per heavy atom. The van der Waals surface area contributed by atoms with Crippen molar-refractivity contribution in [3.63, 3.8) is 0 Å². The zero-order valence-electron chi connectivity index (χ0n) is 15.3. The van der Waals surface area contributed by atoms with Crippen LogP contribution in [0.25, 0.3) is 21.9 Å². The van der Waals surface area contributed by atoms with E-state index in [0.29, 0.717) is 19.6 Å². The number of benzene rings is 1. The molecule has 0 radical (unpaired) electrons. The van der Waals surface area contributed by atoms with Crippen molar-refractivity contribution in [2.24, 2.45) is 7.05 Å². The van der Waals surface area contributed by atoms with Crippen LogP contribution in [-0.2, 0) is 7.05 Å². The topological polar surface area (TPSA) is 87.5 Å². The number of carbonyl (C=O) groups is 1. The molecule has 0 spiro atoms. The molecule has 3 aromatic rings. The van der Waals surface area contributed by atoms with E-state index in [1.165, 1.54) is 17.7 Å². The average molecular weight is 388 g/mol. The number of pyridine rings is 2. The lowest BCUT2D eigenvalue weighted by molar-refractivity contribution is 0.0695. The van der Waals surface area contributed by atoms with Gasteiger partial charge < -0.3 is 19.9 Å². The van der Waals surface area contributed by atoms with Crippen LogP contribution in [0.5, 0.6) is 0 Å². The van der Waals surface area contributed by atoms with Crippen molar-refractivity contribution < 1.29 is 18.7 Å². The van der Waals surface area contributed by atoms with Gasteiger partial charge in [0.05, 0.1) is 5.39 Å². The molecule has 0 saturated carbocycles. The molecule has 2 N–H and O–H groups in total. The van der Waals surface area contributed by atoms with E-state index in [0.717, 1.165) is 12.3 Å². The van der Waals surface area contributed by atoms with Crippen molar-refractivity contribution in [3.05, 3.63) is 45.8 Å². The summed E-state index contributed by atoms with van der Waals surface area (Å²) in [5, 5.41) is 12.5. The molecule has 0 aliphatic carbocycles. The van der Waals surface area contributed by atoms with Crippen LogP contribution in [0.3, 0.4) is 0 Å². The number of halogens is 2. The molecule has 1 aliphatic heterocycles. The Hall–Kier alpha value is -3.07. The van der Waals surface area contributed by atoms with E-state index in [4.69, 9.17) is 0 Å². The summed E-state index contributed by atoms with van der Waals surface area (Å²) in [6.45, 7) is 3.45. The molecular formula is C19H18F2N4O3. The smallest absolute Gasteiger partial charge is 0.341 e. The third kappa shape index (κ3) is 2.78. The predicted octanol–water partition coefficient (Wildman–Crippen LogP) is 1.86. The van der Waals surface area contributed by atoms with Gasteiger partial charge in [-0.25, -0.2) is 18.6 Å². The van der Waals surface area contributed by atoms with Crippen molar-refractivity contribution >= 4 is 33.6 Å². The first kappa shape index (κ1) is 18.3. The quantitative estimate of drug-likeness (QED) is 0.652. The molecule has 4 rings (SSSR count). The van der Waals surface area contributed by atoms with Crippen molar-refractivity contribution in [2.75, 3.05) is 24.5 Å². The molecule has 1 atom stereocenters. The summed E-state index contributed by atoms with van der Waals surface area (Å²) >= 11 is 0. The summed E-state index contributed by atoms with van der Waals surface area (Å²) in [5.41, 5.74) is -1.24. The molecule has 0 amide bonds. The summed E-state index contributed by atoms with van der Waals surface area (Å²) in [6, 6.07) is 2.52. The number of rotatable bonds is 2. The molecule has 0 bridgehead atoms. The SMILES string of the molecule is CC1CN(c2c(F)cc3cc4c(=O)c(C(=O)O)cn(C)c4nc3c2F)CCN1. The third-order valence-corrected chi connectivity index (χ3v) is 5.02. The Bertz CT molecular complexity index is 1190. The normalized spacial score (nSPS) is 17.4. The Morgan fingerprint density at radius 2 is 2.11 bits per heavy atom. The number of hydrogen-bond acceptors (Lipinski definition) is 5. The van der Waals surface area contributed by atoms with Crippen molar-refractivity contribution in [1.82, 2.24) is 14.9 Å². The summed E-state index contributed by atoms with van der Waals surface area (Å²) in [7, 11) is 1.52. The van der Waals surface area contributed by atoms with Gasteiger partial charge >= 0.3 is 5.97 Å². The minimum Gasteiger partial charge on any atom is -0.477 e. The van der Waals surface area contributed by atoms with Crippen molar-refractivity contribution in [3.8, 4) is 0 Å². The van der Waals surface area contributed by atoms with Crippen LogP contribution in [0.1, 0.15) is 17.3 Å². The van der Waals surface area contributed by atoms with Crippen LogP contribution in [0.15, 0.2) is 23.1 Å². The van der Waals surface area contributed by atoms with Gasteiger partial charge in [-0.15, -0.1) is 0 Å². The van der Waals surface area contributed by atoms with Gasteiger partial charge in [0.2, 0.25) is 5.43 Å². The molecule has 9 heteroatoms. The lowest BCUT2D eigenvalue weighted by Gasteiger charge is -2.34. The van der Waals surface area contributed by atoms with Crippen molar-refractivity contribution in [1.29, 1.82) is 0 Å². The number of carboxylic acid groups (broad SMARTS) is 1. The van der Waals surface area contributed by atoms with Crippen LogP contribution in [-0.4, -0.2) is 46.3 Å². The van der Waals surface area contributed by atoms with E-state index in [2.05, 4.69) is 10.3 Å². The number of nitrogens with one attached hydrogen (secondary N) is 1. The summed E-state index contributed by atoms with van der Waals surface area (Å²) in [4.78, 5) is 29.6. The molecule has 146 valence electrons. The number of hydrogen-bond donors (Lipinski definition) is 2. The van der Waals surface area contributed by atoms with E-state index in [9.17, 15) is 19.1 Å². The Morgan fingerprint density at radius 1 is 1.36 bits per heavy atom. The second-order valence-electron chi connectivity index (χ2n) is 7.04. The van der Waals surface area contributed by atoms with Gasteiger partial charge in [-0.2, -0.15) is 0 Å². The molecule has 1 aromatic carbocycles. The number of aryl methyl sites for hydroxylation is 1. The minimum absolute atomic E-state index is 0.00255. The number of anilines is 1. The van der Waals surface area contributed by atoms with Crippen LogP contribution < -0.4 is 15.6 Å². The number of fused-ring (bicyclic) bond motifs is 2. The predicted molar refractivity (Wildman–Crippen MR) is 101 cm³/mol. The standard InChI is InChI=1S/C19H18F2N4O3/c1-9-7-25(4-3-22-9)16-13(20)6-10-5-11-17(26)12(19(27)28)8-24(2)18(11)23-15(10)14(16)21/h5-6,8-9,22H,3-4,7H2,1-2H3,(H,27,28). The average Bonchev–Trinajstić information content (AvgIpc) is 2.63. The third-order valence-electron chi connectivity index (χ3n) is 5.02. The van der Waals surface area contributed by atoms with E-state index in [1.807, 2.05) is 6.92 Å². The van der Waals surface area contributed by atoms with Gasteiger partial charge in [0, 0.05) is 44.3 Å². The molecule has 1 fully saturated rings. The molecule has 1 aliphatic rings. The van der Waals surface area contributed by atoms with Gasteiger partial charge in [0.25, 0.3) is 0 Å². The van der Waals surface area contributed by atoms with Gasteiger partial charge in [0.1, 0.15) is 28.2 Å². The molecule has 1 unspecified atom stereocenters. The zero-order chi connectivity index (χ0) is 20.2. The highest BCUT2D eigenvalue weighted by Crippen LogP contribution is 2.31. The summed E-state index contributed by atoms with van der Waals surface area (Å²) < 4.78 is 31.4. The fourth-order valence-corrected chi connectivity index (χ4v) is 3.70. The Balaban J connectivity index is 2.00. The number of nitrogens with zero attached hydrogens (tertiary/aromatic N) is 3. The highest BCUT2D eigenvalue weighted by atomic mass is 19.1. The highest BCUT2D eigenvalue weighted by molar-refractivity contribution is 5.97. The maximum atomic E-state index is 15.3. The fraction of sp³-hybridized carbons (Fsp3) is 0.316. The second kappa shape index (κ2) is 6.52. The second-order valence-corrected chi connectivity index (χ2v) is 7.04. The Labute approximate surface area is 158 Å². The van der Waals surface area contributed by atoms with Gasteiger partial charge in [-0.1, -0.05) is 0 Å². The van der Waals surface area contributed by atoms with E-state index < -0.39 is 28.6 Å². The van der Waals surface area contributed by atoms with Crippen molar-refractivity contribution in [2.45, 2.75) is 13.0 Å². The molecule has 2 aromatic heterocycles. The summed E-state index contributed by atoms with van der Waals surface area (Å²) in [6.07, 6.45) is 1.14. The van der Waals surface area contributed by atoms with E-state index in [-0.39, 0.29) is 33.7 Å². The number of aromatic carboxylic acids is 1. The van der Waals surface area contributed by atoms with Crippen LogP contribution in [0.4, 0.5) is 14.5 Å². The molecule has 7 nitrogen and oxygen atoms in total. The first-order valence-electron chi connectivity index (χ1n) is 8.81. The number of piperazine rings is 1. The van der Waals surface area contributed by atoms with Crippen LogP contribution in [0, 0.1) is 11.6 Å². The maximum absolute atomic E-state index is 15.3. The highest BCUT2D eigenvalue weighted by Gasteiger charge is 2.25. The molecular weight excluding hydrogens is 370 g/mol. The zero-order valence-corrected chi connectivity index (χ0v) is 15.3. The lowest BCUT2D eigenvalue weighted by atomic mass is 10.1. The van der Waals surface area contributed by atoms with E-state index in [1.54, 1.807) is 4.90 Å². The van der Waals surface area contributed by atoms with Gasteiger partial charge in [-0.05, 0) is 19.1 Å². The molecule has 3 heterocycles. The number of aromatic nitrogens is 2. The molecule has 28 heavy (non-hydrogen) atoms. The van der Waals surface area contributed by atoms with Crippen LogP contribution >= 0.6 is 0 Å². The largest absolute Gasteiger partial charge is 0.477 e. The maximum Gasteiger partial charge on any atom is 0.341 e. The van der Waals surface area contributed by atoms with Gasteiger partial charge in [0.15, 0.2) is 5.82 Å². The first-order valence-corrected chi connectivity index (χ1v) is 8.81. The first-order chi connectivity index (χ1) is 13.3. The summed E-state index contributed by atoms with van der Waals surface area (Å²) in [5.74, 6) is -2.91. The Kier molecular flexibility index (Phi) is 4.26. The van der Waals surface area contributed by atoms with Crippen LogP contribution in [0.2, 0.25) is 0 Å².